The summed E-state index contributed by atoms with van der Waals surface area (Å²) in [6, 6.07) is -1.13. The van der Waals surface area contributed by atoms with Gasteiger partial charge in [0.1, 0.15) is 30.8 Å². The van der Waals surface area contributed by atoms with Crippen molar-refractivity contribution in [2.24, 2.45) is 5.92 Å². The monoisotopic (exact) mass is 894 g/mol. The van der Waals surface area contributed by atoms with Crippen LogP contribution in [0.4, 0.5) is 0 Å². The number of ether oxygens (including phenoxy) is 4. The van der Waals surface area contributed by atoms with Gasteiger partial charge in [-0.05, 0) is 38.5 Å². The second-order valence-corrected chi connectivity index (χ2v) is 14.7. The van der Waals surface area contributed by atoms with Gasteiger partial charge in [-0.15, -0.1) is 0 Å². The third-order valence-corrected chi connectivity index (χ3v) is 9.55. The average Bonchev–Trinajstić information content (AvgIpc) is 3.17. The van der Waals surface area contributed by atoms with Crippen molar-refractivity contribution in [2.45, 2.75) is 134 Å². The minimum atomic E-state index is -1.19. The van der Waals surface area contributed by atoms with E-state index in [4.69, 9.17) is 24.1 Å². The lowest BCUT2D eigenvalue weighted by molar-refractivity contribution is -0.144. The van der Waals surface area contributed by atoms with E-state index in [9.17, 15) is 48.6 Å². The van der Waals surface area contributed by atoms with Crippen LogP contribution < -0.4 is 10.6 Å². The van der Waals surface area contributed by atoms with Crippen molar-refractivity contribution in [3.8, 4) is 0 Å². The zero-order valence-electron chi connectivity index (χ0n) is 34.0. The Morgan fingerprint density at radius 1 is 0.483 bits per heavy atom. The number of rotatable bonds is 43. The Labute approximate surface area is 350 Å². The van der Waals surface area contributed by atoms with Gasteiger partial charge in [0.25, 0.3) is 0 Å². The first kappa shape index (κ1) is 54.7. The zero-order chi connectivity index (χ0) is 43.2. The van der Waals surface area contributed by atoms with E-state index in [1.54, 1.807) is 0 Å². The number of carboxylic acids is 3. The van der Waals surface area contributed by atoms with Gasteiger partial charge in [-0.3, -0.25) is 33.6 Å². The molecule has 0 radical (unpaired) electrons. The van der Waals surface area contributed by atoms with Crippen molar-refractivity contribution < 1.29 is 72.6 Å². The normalized spacial score (nSPS) is 12.1. The van der Waals surface area contributed by atoms with Gasteiger partial charge in [-0.1, -0.05) is 67.3 Å². The molecule has 2 amide bonds. The maximum Gasteiger partial charge on any atom is 0.326 e. The van der Waals surface area contributed by atoms with Gasteiger partial charge in [0.2, 0.25) is 11.8 Å². The molecule has 0 aliphatic carbocycles. The summed E-state index contributed by atoms with van der Waals surface area (Å²) in [6.07, 6.45) is 10.8. The highest BCUT2D eigenvalue weighted by Crippen LogP contribution is 2.16. The van der Waals surface area contributed by atoms with E-state index in [1.165, 1.54) is 0 Å². The Balaban J connectivity index is 3.77. The molecule has 0 unspecified atom stereocenters. The highest BCUT2D eigenvalue weighted by Gasteiger charge is 2.22. The Kier molecular flexibility index (Phi) is 35.7. The number of Topliss-reactive ketones (excluding diaryl/α,β-unsaturated/α-hetero) is 3. The van der Waals surface area contributed by atoms with Crippen molar-refractivity contribution in [1.29, 1.82) is 0 Å². The van der Waals surface area contributed by atoms with Crippen LogP contribution in [-0.2, 0) is 57.3 Å². The minimum Gasteiger partial charge on any atom is -0.481 e. The quantitative estimate of drug-likeness (QED) is 0.0419. The van der Waals surface area contributed by atoms with Crippen LogP contribution in [0.15, 0.2) is 0 Å². The van der Waals surface area contributed by atoms with Gasteiger partial charge < -0.3 is 44.9 Å². The molecular formula is C40H67BrN2O15. The first-order valence-corrected chi connectivity index (χ1v) is 21.6. The maximum absolute atomic E-state index is 12.3. The molecule has 0 bridgehead atoms. The number of nitrogens with one attached hydrogen (secondary N) is 2. The number of aliphatic carboxylic acids is 3. The molecule has 0 spiro atoms. The third kappa shape index (κ3) is 35.8. The summed E-state index contributed by atoms with van der Waals surface area (Å²) in [5.74, 6) is -4.81. The van der Waals surface area contributed by atoms with E-state index < -0.39 is 29.9 Å². The van der Waals surface area contributed by atoms with E-state index in [1.807, 2.05) is 0 Å². The topological polar surface area (TPSA) is 258 Å². The largest absolute Gasteiger partial charge is 0.481 e. The van der Waals surface area contributed by atoms with Gasteiger partial charge in [0.15, 0.2) is 5.78 Å². The van der Waals surface area contributed by atoms with Gasteiger partial charge in [0.05, 0.1) is 44.3 Å². The smallest absolute Gasteiger partial charge is 0.326 e. The molecule has 0 aromatic heterocycles. The van der Waals surface area contributed by atoms with E-state index in [0.717, 1.165) is 44.9 Å². The fourth-order valence-corrected chi connectivity index (χ4v) is 5.94. The predicted molar refractivity (Wildman–Crippen MR) is 216 cm³/mol. The number of carboxylic acid groups (broad SMARTS) is 3. The number of amides is 2. The lowest BCUT2D eigenvalue weighted by atomic mass is 9.95. The molecule has 58 heavy (non-hydrogen) atoms. The van der Waals surface area contributed by atoms with Gasteiger partial charge in [0, 0.05) is 51.7 Å². The fraction of sp³-hybridized carbons (Fsp3) is 0.800. The van der Waals surface area contributed by atoms with Crippen molar-refractivity contribution in [3.05, 3.63) is 0 Å². The van der Waals surface area contributed by atoms with E-state index in [2.05, 4.69) is 26.6 Å². The van der Waals surface area contributed by atoms with Crippen molar-refractivity contribution in [1.82, 2.24) is 10.6 Å². The predicted octanol–water partition coefficient (Wildman–Crippen LogP) is 4.43. The molecule has 18 heteroatoms. The second-order valence-electron chi connectivity index (χ2n) is 14.1. The van der Waals surface area contributed by atoms with Gasteiger partial charge in [-0.2, -0.15) is 0 Å². The van der Waals surface area contributed by atoms with Gasteiger partial charge in [-0.25, -0.2) is 4.79 Å². The molecule has 5 N–H and O–H groups in total. The summed E-state index contributed by atoms with van der Waals surface area (Å²) in [4.78, 5) is 93.4. The lowest BCUT2D eigenvalue weighted by Gasteiger charge is -2.14. The highest BCUT2D eigenvalue weighted by molar-refractivity contribution is 9.09. The molecule has 0 saturated heterocycles. The number of halogens is 1. The molecule has 0 heterocycles. The summed E-state index contributed by atoms with van der Waals surface area (Å²) in [6.45, 7) is 1.02. The Morgan fingerprint density at radius 2 is 1.03 bits per heavy atom. The minimum absolute atomic E-state index is 0.00543. The molecule has 0 aliphatic heterocycles. The van der Waals surface area contributed by atoms with Crippen LogP contribution in [0.3, 0.4) is 0 Å². The van der Waals surface area contributed by atoms with Gasteiger partial charge >= 0.3 is 17.9 Å². The number of alkyl halides is 1. The van der Waals surface area contributed by atoms with Crippen molar-refractivity contribution in [2.75, 3.05) is 64.7 Å². The molecular weight excluding hydrogens is 828 g/mol. The summed E-state index contributed by atoms with van der Waals surface area (Å²) < 4.78 is 21.3. The molecule has 0 aromatic carbocycles. The van der Waals surface area contributed by atoms with E-state index in [-0.39, 0.29) is 127 Å². The molecule has 2 atom stereocenters. The molecule has 0 aromatic rings. The van der Waals surface area contributed by atoms with Crippen LogP contribution in [0.1, 0.15) is 128 Å². The third-order valence-electron chi connectivity index (χ3n) is 8.92. The molecule has 0 aliphatic rings. The molecule has 0 rings (SSSR count). The van der Waals surface area contributed by atoms with Crippen molar-refractivity contribution >= 4 is 63.0 Å². The number of hydrogen-bond donors (Lipinski definition) is 5. The summed E-state index contributed by atoms with van der Waals surface area (Å²) in [7, 11) is 0. The van der Waals surface area contributed by atoms with E-state index in [0.29, 0.717) is 50.3 Å². The zero-order valence-corrected chi connectivity index (χ0v) is 35.6. The van der Waals surface area contributed by atoms with E-state index >= 15 is 0 Å². The summed E-state index contributed by atoms with van der Waals surface area (Å²) in [5.41, 5.74) is 0. The highest BCUT2D eigenvalue weighted by atomic mass is 79.9. The van der Waals surface area contributed by atoms with Crippen LogP contribution >= 0.6 is 15.9 Å². The summed E-state index contributed by atoms with van der Waals surface area (Å²) in [5, 5.41) is 33.0. The second kappa shape index (κ2) is 37.9. The number of ketones is 3. The van der Waals surface area contributed by atoms with Crippen LogP contribution in [0.25, 0.3) is 0 Å². The van der Waals surface area contributed by atoms with Crippen LogP contribution in [-0.4, -0.2) is 133 Å². The average molecular weight is 896 g/mol. The van der Waals surface area contributed by atoms with Crippen LogP contribution in [0.2, 0.25) is 0 Å². The fourth-order valence-electron chi connectivity index (χ4n) is 5.66. The maximum atomic E-state index is 12.3. The Bertz CT molecular complexity index is 1200. The first-order chi connectivity index (χ1) is 27.8. The van der Waals surface area contributed by atoms with Crippen LogP contribution in [0.5, 0.6) is 0 Å². The first-order valence-electron chi connectivity index (χ1n) is 20.5. The molecule has 0 fully saturated rings. The number of hydrogen-bond acceptors (Lipinski definition) is 12. The standard InChI is InChI=1S/C40H67BrN2O15/c41-28-33(45)14-9-7-8-13-31(39(51)52)27-34(46)29-57-25-24-56-22-20-42-37(48)30-58-26-23-55-21-12-15-32(44)18-19-35(40(53)54)43-36(47)16-10-5-3-1-2-4-6-11-17-38(49)50/h31,35H,1-30H2,(H,42,48)(H,43,47)(H,49,50)(H,51,52)(H,53,54)/t31-,35+/m1/s1. The number of carbonyl (C=O) groups excluding carboxylic acids is 5. The Morgan fingerprint density at radius 3 is 1.66 bits per heavy atom. The lowest BCUT2D eigenvalue weighted by Crippen LogP contribution is -2.41. The molecule has 0 saturated carbocycles. The molecule has 334 valence electrons. The number of carbonyl (C=O) groups is 8. The van der Waals surface area contributed by atoms with Crippen LogP contribution in [0, 0.1) is 5.92 Å². The number of unbranched alkanes of at least 4 members (excludes halogenated alkanes) is 9. The van der Waals surface area contributed by atoms with Crippen molar-refractivity contribution in [3.63, 3.8) is 0 Å². The summed E-state index contributed by atoms with van der Waals surface area (Å²) >= 11 is 3.11. The Hall–Kier alpha value is -3.32. The molecule has 17 nitrogen and oxygen atoms in total. The SMILES string of the molecule is O=C(O)CCCCCCCCCCC(=O)N[C@@H](CCC(=O)CCCOCCOCC(=O)NCCOCCOCC(=O)C[C@@H](CCCCCC(=O)CBr)C(=O)O)C(=O)O.